The lowest BCUT2D eigenvalue weighted by Gasteiger charge is -2.34. The van der Waals surface area contributed by atoms with Crippen LogP contribution in [0.1, 0.15) is 0 Å². The van der Waals surface area contributed by atoms with Crippen molar-refractivity contribution in [1.82, 2.24) is 0 Å². The van der Waals surface area contributed by atoms with Gasteiger partial charge < -0.3 is 5.11 Å². The van der Waals surface area contributed by atoms with E-state index in [4.69, 9.17) is 5.11 Å². The first-order valence-corrected chi connectivity index (χ1v) is 11.9. The first-order chi connectivity index (χ1) is 5.69. The highest BCUT2D eigenvalue weighted by atomic mass is 28.4. The van der Waals surface area contributed by atoms with Gasteiger partial charge in [-0.15, -0.1) is 5.92 Å². The average Bonchev–Trinajstić information content (AvgIpc) is 1.81. The largest absolute Gasteiger partial charge is 0.384 e. The van der Waals surface area contributed by atoms with E-state index in [-0.39, 0.29) is 6.61 Å². The summed E-state index contributed by atoms with van der Waals surface area (Å²) in [7, 11) is -2.36. The molecule has 0 saturated heterocycles. The first kappa shape index (κ1) is 13.0. The van der Waals surface area contributed by atoms with Crippen molar-refractivity contribution in [3.05, 3.63) is 0 Å². The van der Waals surface area contributed by atoms with Crippen molar-refractivity contribution in [2.45, 2.75) is 44.4 Å². The molecule has 0 unspecified atom stereocenters. The lowest BCUT2D eigenvalue weighted by molar-refractivity contribution is 0.350. The Hall–Kier alpha value is -0.0462. The lowest BCUT2D eigenvalue weighted by atomic mass is 10.6. The predicted octanol–water partition coefficient (Wildman–Crippen LogP) is 2.57. The molecule has 0 fully saturated rings. The smallest absolute Gasteiger partial charge is 0.104 e. The zero-order chi connectivity index (χ0) is 10.7. The van der Waals surface area contributed by atoms with Gasteiger partial charge in [0.15, 0.2) is 0 Å². The zero-order valence-corrected chi connectivity index (χ0v) is 11.7. The number of hydrogen-bond acceptors (Lipinski definition) is 1. The van der Waals surface area contributed by atoms with E-state index >= 15 is 0 Å². The molecule has 3 heteroatoms. The van der Waals surface area contributed by atoms with Crippen molar-refractivity contribution in [2.24, 2.45) is 0 Å². The molecule has 0 aromatic heterocycles. The van der Waals surface area contributed by atoms with Gasteiger partial charge in [0.1, 0.15) is 6.61 Å². The molecular formula is C10H22OSi2. The van der Waals surface area contributed by atoms with Crippen LogP contribution in [-0.2, 0) is 0 Å². The number of aliphatic hydroxyl groups excluding tert-OH is 1. The Morgan fingerprint density at radius 2 is 1.38 bits per heavy atom. The molecule has 0 aliphatic carbocycles. The molecule has 0 saturated carbocycles. The third-order valence-corrected chi connectivity index (χ3v) is 11.0. The predicted molar refractivity (Wildman–Crippen MR) is 65.3 cm³/mol. The van der Waals surface area contributed by atoms with Gasteiger partial charge in [-0.05, 0) is 0 Å². The average molecular weight is 214 g/mol. The van der Waals surface area contributed by atoms with Crippen LogP contribution in [0.2, 0.25) is 44.4 Å². The Kier molecular flexibility index (Phi) is 4.43. The summed E-state index contributed by atoms with van der Waals surface area (Å²) in [4.78, 5) is 0. The highest BCUT2D eigenvalue weighted by molar-refractivity contribution is 6.97. The van der Waals surface area contributed by atoms with Crippen LogP contribution in [0, 0.1) is 11.8 Å². The molecule has 13 heavy (non-hydrogen) atoms. The molecule has 1 N–H and O–H groups in total. The highest BCUT2D eigenvalue weighted by Gasteiger charge is 2.36. The third-order valence-electron chi connectivity index (χ3n) is 2.06. The fraction of sp³-hybridized carbons (Fsp3) is 0.800. The second-order valence-corrected chi connectivity index (χ2v) is 16.8. The van der Waals surface area contributed by atoms with E-state index in [2.05, 4.69) is 51.1 Å². The zero-order valence-electron chi connectivity index (χ0n) is 9.73. The van der Waals surface area contributed by atoms with E-state index in [9.17, 15) is 0 Å². The molecule has 76 valence electrons. The Balaban J connectivity index is 4.79. The minimum atomic E-state index is -1.18. The lowest BCUT2D eigenvalue weighted by Crippen LogP contribution is -2.43. The second kappa shape index (κ2) is 4.45. The van der Waals surface area contributed by atoms with Crippen LogP contribution in [0.3, 0.4) is 0 Å². The summed E-state index contributed by atoms with van der Waals surface area (Å²) in [5.41, 5.74) is 0. The summed E-state index contributed by atoms with van der Waals surface area (Å²) in [6.07, 6.45) is 0. The van der Waals surface area contributed by atoms with E-state index in [1.54, 1.807) is 0 Å². The van der Waals surface area contributed by atoms with Gasteiger partial charge in [-0.2, -0.15) is 0 Å². The molecular weight excluding hydrogens is 192 g/mol. The van der Waals surface area contributed by atoms with E-state index in [1.807, 2.05) is 0 Å². The molecule has 0 heterocycles. The van der Waals surface area contributed by atoms with Crippen LogP contribution in [0.4, 0.5) is 0 Å². The summed E-state index contributed by atoms with van der Waals surface area (Å²) in [5.74, 6) is 6.11. The molecule has 0 rings (SSSR count). The maximum atomic E-state index is 8.70. The minimum absolute atomic E-state index is 0.00542. The van der Waals surface area contributed by atoms with Crippen molar-refractivity contribution < 1.29 is 5.11 Å². The van der Waals surface area contributed by atoms with Gasteiger partial charge in [-0.3, -0.25) is 0 Å². The number of hydrogen-bond donors (Lipinski definition) is 1. The van der Waals surface area contributed by atoms with Crippen LogP contribution < -0.4 is 0 Å². The Morgan fingerprint density at radius 1 is 1.00 bits per heavy atom. The Labute approximate surface area is 84.6 Å². The Morgan fingerprint density at radius 3 is 1.62 bits per heavy atom. The summed E-state index contributed by atoms with van der Waals surface area (Å²) >= 11 is 0. The van der Waals surface area contributed by atoms with Crippen LogP contribution in [0.25, 0.3) is 0 Å². The van der Waals surface area contributed by atoms with E-state index in [0.29, 0.717) is 5.16 Å². The van der Waals surface area contributed by atoms with Crippen molar-refractivity contribution in [2.75, 3.05) is 6.61 Å². The summed E-state index contributed by atoms with van der Waals surface area (Å²) in [6.45, 7) is 14.2. The summed E-state index contributed by atoms with van der Waals surface area (Å²) in [6, 6.07) is 0. The molecule has 0 aliphatic rings. The molecule has 0 aromatic carbocycles. The van der Waals surface area contributed by atoms with E-state index in [1.165, 1.54) is 0 Å². The van der Waals surface area contributed by atoms with Gasteiger partial charge >= 0.3 is 0 Å². The van der Waals surface area contributed by atoms with E-state index in [0.717, 1.165) is 0 Å². The summed E-state index contributed by atoms with van der Waals surface area (Å²) in [5, 5.41) is 9.29. The highest BCUT2D eigenvalue weighted by Crippen LogP contribution is 2.31. The molecule has 0 spiro atoms. The fourth-order valence-electron chi connectivity index (χ4n) is 1.88. The maximum absolute atomic E-state index is 8.70. The maximum Gasteiger partial charge on any atom is 0.104 e. The molecule has 0 atom stereocenters. The van der Waals surface area contributed by atoms with Crippen molar-refractivity contribution in [3.8, 4) is 11.8 Å². The van der Waals surface area contributed by atoms with E-state index < -0.39 is 16.1 Å². The van der Waals surface area contributed by atoms with Crippen molar-refractivity contribution >= 4 is 16.1 Å². The summed E-state index contributed by atoms with van der Waals surface area (Å²) < 4.78 is 0. The van der Waals surface area contributed by atoms with Crippen LogP contribution in [-0.4, -0.2) is 27.9 Å². The SMILES string of the molecule is C[Si](C)(C)C(C#CCO)[Si](C)(C)C. The van der Waals surface area contributed by atoms with Crippen LogP contribution in [0.15, 0.2) is 0 Å². The molecule has 0 radical (unpaired) electrons. The molecule has 1 nitrogen and oxygen atoms in total. The van der Waals surface area contributed by atoms with Gasteiger partial charge in [0.25, 0.3) is 0 Å². The molecule has 0 amide bonds. The molecule has 0 aliphatic heterocycles. The van der Waals surface area contributed by atoms with Gasteiger partial charge in [-0.1, -0.05) is 45.2 Å². The first-order valence-electron chi connectivity index (χ1n) is 4.79. The number of aliphatic hydroxyl groups is 1. The normalized spacial score (nSPS) is 12.6. The molecule has 0 aromatic rings. The van der Waals surface area contributed by atoms with Gasteiger partial charge in [-0.25, -0.2) is 0 Å². The van der Waals surface area contributed by atoms with Gasteiger partial charge in [0.05, 0.1) is 16.1 Å². The van der Waals surface area contributed by atoms with Crippen LogP contribution >= 0.6 is 0 Å². The van der Waals surface area contributed by atoms with Crippen molar-refractivity contribution in [3.63, 3.8) is 0 Å². The van der Waals surface area contributed by atoms with Gasteiger partial charge in [0.2, 0.25) is 0 Å². The quantitative estimate of drug-likeness (QED) is 0.553. The standard InChI is InChI=1S/C10H22OSi2/c1-12(2,3)10(8-7-9-11)13(4,5)6/h10-11H,9H2,1-6H3. The Bertz CT molecular complexity index is 198. The van der Waals surface area contributed by atoms with Crippen LogP contribution in [0.5, 0.6) is 0 Å². The second-order valence-electron chi connectivity index (χ2n) is 5.64. The third kappa shape index (κ3) is 4.65. The topological polar surface area (TPSA) is 20.2 Å². The fourth-order valence-corrected chi connectivity index (χ4v) is 13.3. The van der Waals surface area contributed by atoms with Gasteiger partial charge in [0, 0.05) is 5.16 Å². The molecule has 0 bridgehead atoms. The minimum Gasteiger partial charge on any atom is -0.384 e. The number of rotatable bonds is 2. The van der Waals surface area contributed by atoms with Crippen molar-refractivity contribution in [1.29, 1.82) is 0 Å². The monoisotopic (exact) mass is 214 g/mol.